The molecule has 1 amide bonds. The van der Waals surface area contributed by atoms with E-state index in [1.165, 1.54) is 0 Å². The van der Waals surface area contributed by atoms with Gasteiger partial charge in [-0.1, -0.05) is 24.4 Å². The molecule has 20 heavy (non-hydrogen) atoms. The number of amides is 1. The first-order valence-corrected chi connectivity index (χ1v) is 7.37. The Morgan fingerprint density at radius 3 is 2.80 bits per heavy atom. The maximum Gasteiger partial charge on any atom is 0.248 e. The van der Waals surface area contributed by atoms with Crippen molar-refractivity contribution in [3.8, 4) is 0 Å². The molecule has 0 fully saturated rings. The number of carbonyl (C=O) groups excluding carboxylic acids is 1. The van der Waals surface area contributed by atoms with E-state index in [9.17, 15) is 4.79 Å². The molecule has 0 saturated heterocycles. The zero-order valence-corrected chi connectivity index (χ0v) is 13.7. The largest absolute Gasteiger partial charge is 0.389 e. The second kappa shape index (κ2) is 6.31. The van der Waals surface area contributed by atoms with Crippen molar-refractivity contribution in [2.45, 2.75) is 13.0 Å². The van der Waals surface area contributed by atoms with Gasteiger partial charge < -0.3 is 11.1 Å². The number of anilines is 1. The quantitative estimate of drug-likeness (QED) is 0.611. The Labute approximate surface area is 135 Å². The molecule has 1 heterocycles. The normalized spacial score (nSPS) is 11.9. The van der Waals surface area contributed by atoms with Crippen molar-refractivity contribution >= 4 is 51.4 Å². The van der Waals surface area contributed by atoms with Gasteiger partial charge in [-0.05, 0) is 41.6 Å². The third kappa shape index (κ3) is 3.34. The minimum absolute atomic E-state index is 0.173. The van der Waals surface area contributed by atoms with Crippen LogP contribution in [-0.2, 0) is 4.79 Å². The van der Waals surface area contributed by atoms with Gasteiger partial charge in [-0.25, -0.2) is 0 Å². The number of aromatic nitrogens is 2. The smallest absolute Gasteiger partial charge is 0.248 e. The third-order valence-corrected chi connectivity index (χ3v) is 3.57. The minimum Gasteiger partial charge on any atom is -0.389 e. The maximum atomic E-state index is 12.2. The summed E-state index contributed by atoms with van der Waals surface area (Å²) in [6.45, 7) is 1.78. The molecule has 0 aliphatic carbocycles. The lowest BCUT2D eigenvalue weighted by Gasteiger charge is -2.14. The molecule has 2 aromatic rings. The van der Waals surface area contributed by atoms with Crippen LogP contribution < -0.4 is 11.1 Å². The first kappa shape index (κ1) is 14.9. The summed E-state index contributed by atoms with van der Waals surface area (Å²) in [5.41, 5.74) is 6.90. The highest BCUT2D eigenvalue weighted by atomic mass is 127. The van der Waals surface area contributed by atoms with Gasteiger partial charge in [0.05, 0.1) is 15.5 Å². The summed E-state index contributed by atoms with van der Waals surface area (Å²) in [6.07, 6.45) is 3.51. The number of para-hydroxylation sites is 1. The summed E-state index contributed by atoms with van der Waals surface area (Å²) < 4.78 is 2.59. The van der Waals surface area contributed by atoms with Crippen molar-refractivity contribution < 1.29 is 4.79 Å². The Balaban J connectivity index is 2.18. The Hall–Kier alpha value is -1.48. The average Bonchev–Trinajstić information content (AvgIpc) is 2.84. The second-order valence-corrected chi connectivity index (χ2v) is 5.90. The molecule has 0 saturated carbocycles. The van der Waals surface area contributed by atoms with Gasteiger partial charge in [0.2, 0.25) is 5.91 Å². The highest BCUT2D eigenvalue weighted by Gasteiger charge is 2.17. The van der Waals surface area contributed by atoms with Gasteiger partial charge in [0, 0.05) is 11.8 Å². The van der Waals surface area contributed by atoms with Gasteiger partial charge in [-0.3, -0.25) is 9.48 Å². The van der Waals surface area contributed by atoms with Crippen LogP contribution in [0.2, 0.25) is 0 Å². The molecule has 104 valence electrons. The van der Waals surface area contributed by atoms with E-state index in [1.54, 1.807) is 29.9 Å². The molecule has 0 aliphatic heterocycles. The summed E-state index contributed by atoms with van der Waals surface area (Å²) in [5.74, 6) is -0.173. The number of halogens is 1. The number of thiocarbonyl (C=S) groups is 1. The van der Waals surface area contributed by atoms with E-state index in [0.717, 1.165) is 3.57 Å². The van der Waals surface area contributed by atoms with Crippen LogP contribution in [0, 0.1) is 3.57 Å². The Kier molecular flexibility index (Phi) is 4.71. The lowest BCUT2D eigenvalue weighted by atomic mass is 10.1. The van der Waals surface area contributed by atoms with E-state index >= 15 is 0 Å². The number of nitrogens with one attached hydrogen (secondary N) is 1. The number of nitrogens with two attached hydrogens (primary N) is 1. The van der Waals surface area contributed by atoms with E-state index in [-0.39, 0.29) is 10.9 Å². The predicted octanol–water partition coefficient (Wildman–Crippen LogP) is 2.32. The first-order chi connectivity index (χ1) is 9.49. The molecule has 7 heteroatoms. The number of benzene rings is 1. The van der Waals surface area contributed by atoms with Gasteiger partial charge in [0.1, 0.15) is 11.0 Å². The Bertz CT molecular complexity index is 655. The molecule has 1 atom stereocenters. The lowest BCUT2D eigenvalue weighted by molar-refractivity contribution is -0.119. The molecule has 3 N–H and O–H groups in total. The van der Waals surface area contributed by atoms with Gasteiger partial charge >= 0.3 is 0 Å². The van der Waals surface area contributed by atoms with Crippen molar-refractivity contribution in [1.29, 1.82) is 0 Å². The van der Waals surface area contributed by atoms with Gasteiger partial charge in [0.25, 0.3) is 0 Å². The molecule has 0 radical (unpaired) electrons. The topological polar surface area (TPSA) is 72.9 Å². The van der Waals surface area contributed by atoms with Crippen LogP contribution in [0.4, 0.5) is 5.69 Å². The molecule has 1 aromatic carbocycles. The van der Waals surface area contributed by atoms with Crippen LogP contribution in [0.1, 0.15) is 18.5 Å². The number of nitrogens with zero attached hydrogens (tertiary/aromatic N) is 2. The van der Waals surface area contributed by atoms with Crippen molar-refractivity contribution in [1.82, 2.24) is 9.78 Å². The number of carbonyl (C=O) groups is 1. The van der Waals surface area contributed by atoms with E-state index in [4.69, 9.17) is 18.0 Å². The van der Waals surface area contributed by atoms with Gasteiger partial charge in [-0.2, -0.15) is 5.10 Å². The summed E-state index contributed by atoms with van der Waals surface area (Å²) >= 11 is 7.12. The molecular formula is C13H13IN4OS. The number of hydrogen-bond acceptors (Lipinski definition) is 3. The van der Waals surface area contributed by atoms with Crippen LogP contribution in [-0.4, -0.2) is 20.7 Å². The number of rotatable bonds is 4. The molecule has 0 bridgehead atoms. The maximum absolute atomic E-state index is 12.2. The zero-order chi connectivity index (χ0) is 14.7. The summed E-state index contributed by atoms with van der Waals surface area (Å²) in [4.78, 5) is 12.5. The average molecular weight is 400 g/mol. The molecule has 0 spiro atoms. The third-order valence-electron chi connectivity index (χ3n) is 2.80. The molecule has 5 nitrogen and oxygen atoms in total. The molecule has 1 unspecified atom stereocenters. The van der Waals surface area contributed by atoms with Crippen molar-refractivity contribution in [2.75, 3.05) is 5.32 Å². The minimum atomic E-state index is -0.419. The highest BCUT2D eigenvalue weighted by Crippen LogP contribution is 2.17. The fourth-order valence-corrected chi connectivity index (χ4v) is 2.28. The number of hydrogen-bond donors (Lipinski definition) is 2. The van der Waals surface area contributed by atoms with Crippen molar-refractivity contribution in [2.24, 2.45) is 5.73 Å². The second-order valence-electron chi connectivity index (χ2n) is 4.21. The fourth-order valence-electron chi connectivity index (χ4n) is 1.69. The van der Waals surface area contributed by atoms with Crippen molar-refractivity contribution in [3.63, 3.8) is 0 Å². The lowest BCUT2D eigenvalue weighted by Crippen LogP contribution is -2.25. The SMILES string of the molecule is CC(C(=O)Nc1ccccc1C(N)=S)n1cc(I)cn1. The van der Waals surface area contributed by atoms with Crippen LogP contribution in [0.15, 0.2) is 36.7 Å². The molecule has 2 rings (SSSR count). The van der Waals surface area contributed by atoms with E-state index in [2.05, 4.69) is 33.0 Å². The molecule has 1 aromatic heterocycles. The standard InChI is InChI=1S/C13H13IN4OS/c1-8(18-7-9(14)6-16-18)13(19)17-11-5-3-2-4-10(11)12(15)20/h2-8H,1H3,(H2,15,20)(H,17,19). The zero-order valence-electron chi connectivity index (χ0n) is 10.7. The Morgan fingerprint density at radius 1 is 1.50 bits per heavy atom. The van der Waals surface area contributed by atoms with Crippen molar-refractivity contribution in [3.05, 3.63) is 45.8 Å². The summed E-state index contributed by atoms with van der Waals surface area (Å²) in [5, 5.41) is 6.96. The van der Waals surface area contributed by atoms with Gasteiger partial charge in [0.15, 0.2) is 0 Å². The summed E-state index contributed by atoms with van der Waals surface area (Å²) in [6, 6.07) is 6.77. The van der Waals surface area contributed by atoms with Crippen LogP contribution in [0.25, 0.3) is 0 Å². The molecule has 0 aliphatic rings. The van der Waals surface area contributed by atoms with E-state index < -0.39 is 6.04 Å². The van der Waals surface area contributed by atoms with E-state index in [0.29, 0.717) is 11.3 Å². The molecular weight excluding hydrogens is 387 g/mol. The Morgan fingerprint density at radius 2 is 2.20 bits per heavy atom. The van der Waals surface area contributed by atoms with E-state index in [1.807, 2.05) is 18.3 Å². The monoisotopic (exact) mass is 400 g/mol. The summed E-state index contributed by atoms with van der Waals surface area (Å²) in [7, 11) is 0. The highest BCUT2D eigenvalue weighted by molar-refractivity contribution is 14.1. The fraction of sp³-hybridized carbons (Fsp3) is 0.154. The van der Waals surface area contributed by atoms with Crippen LogP contribution in [0.5, 0.6) is 0 Å². The van der Waals surface area contributed by atoms with Crippen LogP contribution >= 0.6 is 34.8 Å². The van der Waals surface area contributed by atoms with Gasteiger partial charge in [-0.15, -0.1) is 0 Å². The first-order valence-electron chi connectivity index (χ1n) is 5.88. The predicted molar refractivity (Wildman–Crippen MR) is 90.6 cm³/mol. The van der Waals surface area contributed by atoms with Crippen LogP contribution in [0.3, 0.4) is 0 Å².